The van der Waals surface area contributed by atoms with E-state index in [1.54, 1.807) is 35.2 Å². The summed E-state index contributed by atoms with van der Waals surface area (Å²) < 4.78 is 27.0. The molecule has 0 fully saturated rings. The molecule has 3 N–H and O–H groups in total. The fourth-order valence-corrected chi connectivity index (χ4v) is 3.46. The van der Waals surface area contributed by atoms with Gasteiger partial charge in [-0.2, -0.15) is 0 Å². The molecule has 0 aliphatic rings. The number of hydrogen-bond donors (Lipinski definition) is 2. The van der Waals surface area contributed by atoms with Gasteiger partial charge in [-0.15, -0.1) is 11.3 Å². The minimum Gasteiger partial charge on any atom is -0.384 e. The molecule has 0 radical (unpaired) electrons. The van der Waals surface area contributed by atoms with Crippen molar-refractivity contribution in [2.24, 2.45) is 0 Å². The van der Waals surface area contributed by atoms with Gasteiger partial charge in [-0.05, 0) is 30.3 Å². The van der Waals surface area contributed by atoms with E-state index >= 15 is 0 Å². The number of aromatic nitrogens is 2. The minimum absolute atomic E-state index is 0.170. The van der Waals surface area contributed by atoms with Crippen molar-refractivity contribution in [3.05, 3.63) is 46.9 Å². The molecule has 0 saturated heterocycles. The lowest BCUT2D eigenvalue weighted by atomic mass is 10.2. The van der Waals surface area contributed by atoms with Gasteiger partial charge < -0.3 is 5.73 Å². The van der Waals surface area contributed by atoms with Crippen LogP contribution in [-0.2, 0) is 16.6 Å². The quantitative estimate of drug-likeness (QED) is 0.763. The predicted octanol–water partition coefficient (Wildman–Crippen LogP) is 1.75. The van der Waals surface area contributed by atoms with E-state index in [9.17, 15) is 8.42 Å². The van der Waals surface area contributed by atoms with E-state index < -0.39 is 10.0 Å². The molecule has 2 aromatic heterocycles. The van der Waals surface area contributed by atoms with Gasteiger partial charge in [0.1, 0.15) is 5.82 Å². The van der Waals surface area contributed by atoms with E-state index in [1.807, 2.05) is 0 Å². The molecule has 0 spiro atoms. The van der Waals surface area contributed by atoms with Crippen LogP contribution < -0.4 is 10.5 Å². The van der Waals surface area contributed by atoms with Gasteiger partial charge in [-0.1, -0.05) is 0 Å². The number of sulfonamides is 1. The molecular formula is C13H12N4O2S2. The van der Waals surface area contributed by atoms with Crippen molar-refractivity contribution < 1.29 is 8.42 Å². The van der Waals surface area contributed by atoms with E-state index in [4.69, 9.17) is 5.73 Å². The lowest BCUT2D eigenvalue weighted by Crippen LogP contribution is -2.23. The Kier molecular flexibility index (Phi) is 3.58. The number of thiazole rings is 1. The molecule has 3 rings (SSSR count). The van der Waals surface area contributed by atoms with Crippen LogP contribution in [0.1, 0.15) is 5.69 Å². The number of nitrogen functional groups attached to an aromatic ring is 1. The summed E-state index contributed by atoms with van der Waals surface area (Å²) in [5, 5.41) is 2.52. The molecule has 2 heterocycles. The van der Waals surface area contributed by atoms with E-state index in [1.165, 1.54) is 17.4 Å². The molecule has 0 saturated carbocycles. The Hall–Kier alpha value is -2.03. The molecule has 0 bridgehead atoms. The number of nitrogens with one attached hydrogen (secondary N) is 1. The zero-order valence-electron chi connectivity index (χ0n) is 10.9. The molecule has 21 heavy (non-hydrogen) atoms. The second-order valence-corrected chi connectivity index (χ2v) is 6.88. The van der Waals surface area contributed by atoms with Crippen LogP contribution >= 0.6 is 11.3 Å². The Morgan fingerprint density at radius 3 is 2.86 bits per heavy atom. The standard InChI is InChI=1S/C13H12N4O2S2/c14-13-4-1-9-5-11(2-3-12(9)17-13)21(18,19)16-6-10-7-20-8-15-10/h1-5,7-8,16H,6H2,(H2,14,17). The lowest BCUT2D eigenvalue weighted by molar-refractivity contribution is 0.581. The van der Waals surface area contributed by atoms with Gasteiger partial charge in [0.2, 0.25) is 10.0 Å². The number of rotatable bonds is 4. The van der Waals surface area contributed by atoms with Gasteiger partial charge in [-0.25, -0.2) is 23.1 Å². The monoisotopic (exact) mass is 320 g/mol. The topological polar surface area (TPSA) is 98.0 Å². The Morgan fingerprint density at radius 2 is 2.10 bits per heavy atom. The van der Waals surface area contributed by atoms with Gasteiger partial charge in [0.25, 0.3) is 0 Å². The first kappa shape index (κ1) is 13.9. The number of fused-ring (bicyclic) bond motifs is 1. The molecule has 0 aliphatic carbocycles. The van der Waals surface area contributed by atoms with E-state index in [-0.39, 0.29) is 11.4 Å². The maximum absolute atomic E-state index is 12.3. The maximum Gasteiger partial charge on any atom is 0.240 e. The van der Waals surface area contributed by atoms with Crippen molar-refractivity contribution in [1.29, 1.82) is 0 Å². The number of nitrogens with zero attached hydrogens (tertiary/aromatic N) is 2. The Bertz CT molecular complexity index is 876. The fraction of sp³-hybridized carbons (Fsp3) is 0.0769. The van der Waals surface area contributed by atoms with Crippen LogP contribution in [0.5, 0.6) is 0 Å². The van der Waals surface area contributed by atoms with Crippen molar-refractivity contribution in [3.63, 3.8) is 0 Å². The summed E-state index contributed by atoms with van der Waals surface area (Å²) in [5.74, 6) is 0.403. The molecular weight excluding hydrogens is 308 g/mol. The molecule has 0 unspecified atom stereocenters. The number of pyridine rings is 1. The average molecular weight is 320 g/mol. The van der Waals surface area contributed by atoms with Gasteiger partial charge in [0, 0.05) is 10.8 Å². The van der Waals surface area contributed by atoms with Crippen molar-refractivity contribution in [1.82, 2.24) is 14.7 Å². The number of anilines is 1. The molecule has 1 aromatic carbocycles. The third kappa shape index (κ3) is 3.02. The van der Waals surface area contributed by atoms with Crippen molar-refractivity contribution in [3.8, 4) is 0 Å². The van der Waals surface area contributed by atoms with E-state index in [2.05, 4.69) is 14.7 Å². The highest BCUT2D eigenvalue weighted by molar-refractivity contribution is 7.89. The number of benzene rings is 1. The molecule has 3 aromatic rings. The summed E-state index contributed by atoms with van der Waals surface area (Å²) in [6.07, 6.45) is 0. The highest BCUT2D eigenvalue weighted by Gasteiger charge is 2.14. The Labute approximate surface area is 125 Å². The Morgan fingerprint density at radius 1 is 1.24 bits per heavy atom. The van der Waals surface area contributed by atoms with Crippen LogP contribution in [0.3, 0.4) is 0 Å². The second kappa shape index (κ2) is 5.40. The second-order valence-electron chi connectivity index (χ2n) is 4.39. The zero-order chi connectivity index (χ0) is 14.9. The van der Waals surface area contributed by atoms with Crippen LogP contribution in [0.25, 0.3) is 10.9 Å². The van der Waals surface area contributed by atoms with Crippen molar-refractivity contribution in [2.75, 3.05) is 5.73 Å². The number of nitrogens with two attached hydrogens (primary N) is 1. The SMILES string of the molecule is Nc1ccc2cc(S(=O)(=O)NCc3cscn3)ccc2n1. The van der Waals surface area contributed by atoms with E-state index in [0.717, 1.165) is 5.39 Å². The van der Waals surface area contributed by atoms with Crippen molar-refractivity contribution in [2.45, 2.75) is 11.4 Å². The first-order valence-corrected chi connectivity index (χ1v) is 8.50. The van der Waals surface area contributed by atoms with Crippen LogP contribution in [-0.4, -0.2) is 18.4 Å². The predicted molar refractivity (Wildman–Crippen MR) is 82.3 cm³/mol. The van der Waals surface area contributed by atoms with Crippen LogP contribution in [0.4, 0.5) is 5.82 Å². The summed E-state index contributed by atoms with van der Waals surface area (Å²) in [4.78, 5) is 8.37. The summed E-state index contributed by atoms with van der Waals surface area (Å²) >= 11 is 1.42. The highest BCUT2D eigenvalue weighted by atomic mass is 32.2. The molecule has 0 aliphatic heterocycles. The lowest BCUT2D eigenvalue weighted by Gasteiger charge is -2.07. The smallest absolute Gasteiger partial charge is 0.240 e. The normalized spacial score (nSPS) is 11.8. The fourth-order valence-electron chi connectivity index (χ4n) is 1.86. The van der Waals surface area contributed by atoms with Crippen molar-refractivity contribution >= 4 is 38.1 Å². The summed E-state index contributed by atoms with van der Waals surface area (Å²) in [5.41, 5.74) is 8.62. The highest BCUT2D eigenvalue weighted by Crippen LogP contribution is 2.19. The van der Waals surface area contributed by atoms with Crippen LogP contribution in [0.15, 0.2) is 46.1 Å². The third-order valence-electron chi connectivity index (χ3n) is 2.92. The molecule has 6 nitrogen and oxygen atoms in total. The molecule has 108 valence electrons. The van der Waals surface area contributed by atoms with Gasteiger partial charge in [-0.3, -0.25) is 0 Å². The first-order valence-electron chi connectivity index (χ1n) is 6.08. The first-order chi connectivity index (χ1) is 10.0. The van der Waals surface area contributed by atoms with E-state index in [0.29, 0.717) is 17.0 Å². The maximum atomic E-state index is 12.3. The molecule has 8 heteroatoms. The largest absolute Gasteiger partial charge is 0.384 e. The molecule has 0 amide bonds. The van der Waals surface area contributed by atoms with Gasteiger partial charge in [0.05, 0.1) is 28.2 Å². The number of hydrogen-bond acceptors (Lipinski definition) is 6. The van der Waals surface area contributed by atoms with Gasteiger partial charge in [0.15, 0.2) is 0 Å². The molecule has 0 atom stereocenters. The minimum atomic E-state index is -3.58. The summed E-state index contributed by atoms with van der Waals surface area (Å²) in [6.45, 7) is 0.170. The van der Waals surface area contributed by atoms with Gasteiger partial charge >= 0.3 is 0 Å². The average Bonchev–Trinajstić information content (AvgIpc) is 2.98. The summed E-state index contributed by atoms with van der Waals surface area (Å²) in [6, 6.07) is 8.12. The van der Waals surface area contributed by atoms with Crippen LogP contribution in [0.2, 0.25) is 0 Å². The van der Waals surface area contributed by atoms with Crippen LogP contribution in [0, 0.1) is 0 Å². The summed E-state index contributed by atoms with van der Waals surface area (Å²) in [7, 11) is -3.58. The third-order valence-corrected chi connectivity index (χ3v) is 4.95. The zero-order valence-corrected chi connectivity index (χ0v) is 12.5. The Balaban J connectivity index is 1.89.